The van der Waals surface area contributed by atoms with E-state index in [9.17, 15) is 18.8 Å². The molecule has 4 rings (SSSR count). The van der Waals surface area contributed by atoms with Crippen molar-refractivity contribution in [1.82, 2.24) is 9.88 Å². The van der Waals surface area contributed by atoms with Crippen LogP contribution in [0, 0.1) is 12.7 Å². The molecule has 0 atom stereocenters. The average Bonchev–Trinajstić information content (AvgIpc) is 3.27. The molecule has 2 N–H and O–H groups in total. The summed E-state index contributed by atoms with van der Waals surface area (Å²) in [6.07, 6.45) is 2.34. The van der Waals surface area contributed by atoms with Gasteiger partial charge in [0.05, 0.1) is 6.20 Å². The summed E-state index contributed by atoms with van der Waals surface area (Å²) < 4.78 is 13.1. The van der Waals surface area contributed by atoms with Crippen LogP contribution in [-0.2, 0) is 4.79 Å². The molecule has 10 heteroatoms. The summed E-state index contributed by atoms with van der Waals surface area (Å²) in [5.41, 5.74) is 2.22. The zero-order chi connectivity index (χ0) is 25.7. The molecule has 1 aliphatic rings. The highest BCUT2D eigenvalue weighted by Gasteiger charge is 2.24. The summed E-state index contributed by atoms with van der Waals surface area (Å²) in [6.45, 7) is 3.13. The largest absolute Gasteiger partial charge is 0.341 e. The van der Waals surface area contributed by atoms with E-state index in [0.717, 1.165) is 12.6 Å². The van der Waals surface area contributed by atoms with Gasteiger partial charge in [0.2, 0.25) is 5.91 Å². The number of rotatable bonds is 7. The Morgan fingerprint density at radius 1 is 1.11 bits per heavy atom. The molecule has 0 unspecified atom stereocenters. The number of carbonyl (C=O) groups is 3. The first-order valence-corrected chi connectivity index (χ1v) is 11.8. The minimum Gasteiger partial charge on any atom is -0.341 e. The first-order valence-electron chi connectivity index (χ1n) is 11.5. The summed E-state index contributed by atoms with van der Waals surface area (Å²) in [5.74, 6) is -0.613. The monoisotopic (exact) mass is 509 g/mol. The lowest BCUT2D eigenvalue weighted by Crippen LogP contribution is -2.41. The molecule has 8 nitrogen and oxygen atoms in total. The maximum absolute atomic E-state index is 13.3. The maximum Gasteiger partial charge on any atom is 0.326 e. The Labute approximate surface area is 213 Å². The van der Waals surface area contributed by atoms with Crippen molar-refractivity contribution in [3.8, 4) is 0 Å². The van der Waals surface area contributed by atoms with Gasteiger partial charge >= 0.3 is 6.03 Å². The molecule has 0 bridgehead atoms. The van der Waals surface area contributed by atoms with Crippen molar-refractivity contribution in [3.05, 3.63) is 82.8 Å². The second-order valence-corrected chi connectivity index (χ2v) is 8.83. The van der Waals surface area contributed by atoms with Crippen molar-refractivity contribution in [2.24, 2.45) is 0 Å². The summed E-state index contributed by atoms with van der Waals surface area (Å²) in [6, 6.07) is 13.9. The molecule has 0 saturated carbocycles. The van der Waals surface area contributed by atoms with Crippen molar-refractivity contribution >= 4 is 46.6 Å². The number of carbonyl (C=O) groups excluding carboxylic acids is 3. The Morgan fingerprint density at radius 3 is 2.53 bits per heavy atom. The predicted molar refractivity (Wildman–Crippen MR) is 137 cm³/mol. The molecular formula is C26H25ClFN5O3. The van der Waals surface area contributed by atoms with Gasteiger partial charge in [0.1, 0.15) is 11.6 Å². The molecule has 4 amide bonds. The molecule has 1 saturated heterocycles. The summed E-state index contributed by atoms with van der Waals surface area (Å²) >= 11 is 5.95. The number of hydrogen-bond donors (Lipinski definition) is 2. The fourth-order valence-corrected chi connectivity index (χ4v) is 4.08. The SMILES string of the molecule is Cc1cc(C(=O)Nc2ccc(F)cn2)ccc1N(CCN1CCCC1=O)C(=O)Nc1ccc(Cl)cc1. The number of nitrogens with zero attached hydrogens (tertiary/aromatic N) is 3. The first kappa shape index (κ1) is 25.1. The van der Waals surface area contributed by atoms with Crippen molar-refractivity contribution in [2.45, 2.75) is 19.8 Å². The Morgan fingerprint density at radius 2 is 1.89 bits per heavy atom. The number of anilines is 3. The van der Waals surface area contributed by atoms with Crippen molar-refractivity contribution in [3.63, 3.8) is 0 Å². The molecule has 2 heterocycles. The van der Waals surface area contributed by atoms with Gasteiger partial charge in [0, 0.05) is 48.0 Å². The molecular weight excluding hydrogens is 485 g/mol. The van der Waals surface area contributed by atoms with E-state index in [4.69, 9.17) is 11.6 Å². The highest BCUT2D eigenvalue weighted by molar-refractivity contribution is 6.30. The number of aromatic nitrogens is 1. The van der Waals surface area contributed by atoms with Gasteiger partial charge < -0.3 is 15.5 Å². The van der Waals surface area contributed by atoms with E-state index in [2.05, 4.69) is 15.6 Å². The van der Waals surface area contributed by atoms with Crippen LogP contribution in [0.4, 0.5) is 26.4 Å². The highest BCUT2D eigenvalue weighted by atomic mass is 35.5. The molecule has 1 fully saturated rings. The molecule has 3 aromatic rings. The number of halogens is 2. The zero-order valence-corrected chi connectivity index (χ0v) is 20.4. The second kappa shape index (κ2) is 11.2. The van der Waals surface area contributed by atoms with Crippen LogP contribution in [0.3, 0.4) is 0 Å². The average molecular weight is 510 g/mol. The predicted octanol–water partition coefficient (Wildman–Crippen LogP) is 5.10. The molecule has 2 aromatic carbocycles. The molecule has 0 spiro atoms. The van der Waals surface area contributed by atoms with Crippen LogP contribution in [0.25, 0.3) is 0 Å². The van der Waals surface area contributed by atoms with E-state index in [1.165, 1.54) is 12.1 Å². The fraction of sp³-hybridized carbons (Fsp3) is 0.231. The topological polar surface area (TPSA) is 94.6 Å². The van der Waals surface area contributed by atoms with E-state index in [0.29, 0.717) is 47.0 Å². The minimum absolute atomic E-state index is 0.0752. The Balaban J connectivity index is 1.54. The quantitative estimate of drug-likeness (QED) is 0.463. The van der Waals surface area contributed by atoms with Crippen LogP contribution in [0.1, 0.15) is 28.8 Å². The molecule has 0 aliphatic carbocycles. The highest BCUT2D eigenvalue weighted by Crippen LogP contribution is 2.24. The Bertz CT molecular complexity index is 1270. The van der Waals surface area contributed by atoms with Gasteiger partial charge in [-0.15, -0.1) is 0 Å². The molecule has 0 radical (unpaired) electrons. The first-order chi connectivity index (χ1) is 17.3. The lowest BCUT2D eigenvalue weighted by atomic mass is 10.1. The number of aryl methyl sites for hydroxylation is 1. The van der Waals surface area contributed by atoms with Crippen molar-refractivity contribution < 1.29 is 18.8 Å². The van der Waals surface area contributed by atoms with Crippen LogP contribution < -0.4 is 15.5 Å². The van der Waals surface area contributed by atoms with Crippen LogP contribution in [-0.4, -0.2) is 47.4 Å². The second-order valence-electron chi connectivity index (χ2n) is 8.39. The smallest absolute Gasteiger partial charge is 0.326 e. The normalized spacial score (nSPS) is 13.0. The summed E-state index contributed by atoms with van der Waals surface area (Å²) in [4.78, 5) is 45.2. The Hall–Kier alpha value is -3.98. The van der Waals surface area contributed by atoms with Gasteiger partial charge in [-0.05, 0) is 73.5 Å². The lowest BCUT2D eigenvalue weighted by molar-refractivity contribution is -0.127. The summed E-state index contributed by atoms with van der Waals surface area (Å²) in [5, 5.41) is 6.04. The molecule has 1 aromatic heterocycles. The molecule has 1 aliphatic heterocycles. The number of urea groups is 1. The standard InChI is InChI=1S/C26H25ClFN5O3/c1-17-15-18(25(35)31-23-11-7-20(28)16-29-23)4-10-22(17)33(14-13-32-12-2-3-24(32)34)26(36)30-21-8-5-19(27)6-9-21/h4-11,15-16H,2-3,12-14H2,1H3,(H,30,36)(H,29,31,35). The number of pyridine rings is 1. The number of benzene rings is 2. The van der Waals surface area contributed by atoms with E-state index in [1.807, 2.05) is 0 Å². The Kier molecular flexibility index (Phi) is 7.80. The van der Waals surface area contributed by atoms with Crippen LogP contribution >= 0.6 is 11.6 Å². The number of nitrogens with one attached hydrogen (secondary N) is 2. The molecule has 36 heavy (non-hydrogen) atoms. The van der Waals surface area contributed by atoms with E-state index in [1.54, 1.807) is 59.2 Å². The zero-order valence-electron chi connectivity index (χ0n) is 19.6. The van der Waals surface area contributed by atoms with E-state index in [-0.39, 0.29) is 24.3 Å². The van der Waals surface area contributed by atoms with Gasteiger partial charge in [0.15, 0.2) is 0 Å². The van der Waals surface area contributed by atoms with Gasteiger partial charge in [-0.3, -0.25) is 14.5 Å². The van der Waals surface area contributed by atoms with E-state index >= 15 is 0 Å². The fourth-order valence-electron chi connectivity index (χ4n) is 3.95. The number of hydrogen-bond acceptors (Lipinski definition) is 4. The van der Waals surface area contributed by atoms with Crippen LogP contribution in [0.5, 0.6) is 0 Å². The van der Waals surface area contributed by atoms with Crippen molar-refractivity contribution in [1.29, 1.82) is 0 Å². The number of amides is 4. The third-order valence-electron chi connectivity index (χ3n) is 5.82. The van der Waals surface area contributed by atoms with Crippen molar-refractivity contribution in [2.75, 3.05) is 35.2 Å². The third kappa shape index (κ3) is 6.17. The van der Waals surface area contributed by atoms with E-state index < -0.39 is 11.7 Å². The molecule has 186 valence electrons. The van der Waals surface area contributed by atoms with Crippen LogP contribution in [0.15, 0.2) is 60.8 Å². The number of likely N-dealkylation sites (tertiary alicyclic amines) is 1. The minimum atomic E-state index is -0.499. The summed E-state index contributed by atoms with van der Waals surface area (Å²) in [7, 11) is 0. The third-order valence-corrected chi connectivity index (χ3v) is 6.08. The lowest BCUT2D eigenvalue weighted by Gasteiger charge is -2.27. The van der Waals surface area contributed by atoms with Gasteiger partial charge in [-0.25, -0.2) is 14.2 Å². The van der Waals surface area contributed by atoms with Crippen LogP contribution in [0.2, 0.25) is 5.02 Å². The van der Waals surface area contributed by atoms with Gasteiger partial charge in [0.25, 0.3) is 5.91 Å². The maximum atomic E-state index is 13.3. The van der Waals surface area contributed by atoms with Gasteiger partial charge in [-0.2, -0.15) is 0 Å². The van der Waals surface area contributed by atoms with Gasteiger partial charge in [-0.1, -0.05) is 11.6 Å².